The van der Waals surface area contributed by atoms with Crippen LogP contribution in [0.4, 0.5) is 11.4 Å². The molecule has 2 aliphatic rings. The number of ether oxygens (including phenoxy) is 1. The van der Waals surface area contributed by atoms with E-state index in [0.29, 0.717) is 41.3 Å². The van der Waals surface area contributed by atoms with Crippen LogP contribution in [0.25, 0.3) is 6.08 Å². The number of amides is 2. The molecule has 2 amide bonds. The molecule has 0 aromatic heterocycles. The molecule has 0 radical (unpaired) electrons. The van der Waals surface area contributed by atoms with Crippen LogP contribution >= 0.6 is 0 Å². The number of hydrogen-bond acceptors (Lipinski definition) is 7. The zero-order valence-corrected chi connectivity index (χ0v) is 24.0. The molecule has 3 aromatic carbocycles. The van der Waals surface area contributed by atoms with E-state index in [9.17, 15) is 22.8 Å². The first-order chi connectivity index (χ1) is 20.1. The molecule has 5 rings (SSSR count). The topological polar surface area (TPSA) is 125 Å². The molecule has 0 unspecified atom stereocenters. The summed E-state index contributed by atoms with van der Waals surface area (Å²) in [7, 11) is -3.73. The van der Waals surface area contributed by atoms with Gasteiger partial charge in [-0.15, -0.1) is 0 Å². The summed E-state index contributed by atoms with van der Waals surface area (Å²) in [5.74, 6) is -0.936. The number of sulfonamides is 1. The van der Waals surface area contributed by atoms with Gasteiger partial charge in [0, 0.05) is 25.7 Å². The Hall–Kier alpha value is -4.61. The second kappa shape index (κ2) is 12.1. The largest absolute Gasteiger partial charge is 0.426 e. The highest BCUT2D eigenvalue weighted by Crippen LogP contribution is 2.28. The number of anilines is 2. The Balaban J connectivity index is 1.16. The molecule has 0 spiro atoms. The number of nitrogens with one attached hydrogen (secondary N) is 1. The number of hydrogen-bond donors (Lipinski definition) is 1. The van der Waals surface area contributed by atoms with Gasteiger partial charge >= 0.3 is 5.97 Å². The molecule has 2 aliphatic heterocycles. The zero-order valence-electron chi connectivity index (χ0n) is 23.2. The van der Waals surface area contributed by atoms with Crippen LogP contribution in [-0.2, 0) is 24.4 Å². The Morgan fingerprint density at radius 1 is 0.952 bits per heavy atom. The van der Waals surface area contributed by atoms with Crippen LogP contribution in [0.2, 0.25) is 0 Å². The Morgan fingerprint density at radius 3 is 2.21 bits per heavy atom. The van der Waals surface area contributed by atoms with Gasteiger partial charge in [0.2, 0.25) is 15.9 Å². The van der Waals surface area contributed by atoms with E-state index >= 15 is 0 Å². The molecule has 216 valence electrons. The summed E-state index contributed by atoms with van der Waals surface area (Å²) in [6.45, 7) is 3.54. The van der Waals surface area contributed by atoms with E-state index in [2.05, 4.69) is 10.4 Å². The van der Waals surface area contributed by atoms with Gasteiger partial charge in [0.1, 0.15) is 5.75 Å². The van der Waals surface area contributed by atoms with E-state index in [1.54, 1.807) is 49.4 Å². The van der Waals surface area contributed by atoms with Crippen molar-refractivity contribution in [3.63, 3.8) is 0 Å². The first-order valence-corrected chi connectivity index (χ1v) is 14.9. The van der Waals surface area contributed by atoms with Crippen molar-refractivity contribution in [1.82, 2.24) is 4.31 Å². The van der Waals surface area contributed by atoms with Gasteiger partial charge in [-0.25, -0.2) is 8.42 Å². The molecule has 1 fully saturated rings. The van der Waals surface area contributed by atoms with Crippen molar-refractivity contribution in [1.29, 1.82) is 0 Å². The second-order valence-electron chi connectivity index (χ2n) is 10.1. The van der Waals surface area contributed by atoms with Crippen molar-refractivity contribution in [2.45, 2.75) is 31.6 Å². The van der Waals surface area contributed by atoms with E-state index < -0.39 is 21.9 Å². The molecular formula is C31H30N4O6S. The number of esters is 1. The van der Waals surface area contributed by atoms with Crippen molar-refractivity contribution >= 4 is 51.0 Å². The van der Waals surface area contributed by atoms with Gasteiger partial charge in [-0.1, -0.05) is 30.3 Å². The summed E-state index contributed by atoms with van der Waals surface area (Å²) in [6, 6.07) is 22.0. The summed E-state index contributed by atoms with van der Waals surface area (Å²) < 4.78 is 33.1. The van der Waals surface area contributed by atoms with Crippen molar-refractivity contribution in [3.8, 4) is 5.75 Å². The minimum atomic E-state index is -3.73. The summed E-state index contributed by atoms with van der Waals surface area (Å²) in [5, 5.41) is 8.37. The maximum absolute atomic E-state index is 13.1. The lowest BCUT2D eigenvalue weighted by Crippen LogP contribution is -2.41. The molecule has 0 aliphatic carbocycles. The number of carbonyl (C=O) groups excluding carboxylic acids is 3. The molecule has 0 bridgehead atoms. The Bertz CT molecular complexity index is 1660. The van der Waals surface area contributed by atoms with E-state index in [-0.39, 0.29) is 29.8 Å². The maximum atomic E-state index is 13.1. The second-order valence-corrected chi connectivity index (χ2v) is 12.0. The molecule has 42 heavy (non-hydrogen) atoms. The molecule has 0 saturated carbocycles. The average molecular weight is 587 g/mol. The minimum absolute atomic E-state index is 0.126. The predicted octanol–water partition coefficient (Wildman–Crippen LogP) is 4.46. The highest BCUT2D eigenvalue weighted by atomic mass is 32.2. The van der Waals surface area contributed by atoms with Crippen LogP contribution < -0.4 is 15.1 Å². The van der Waals surface area contributed by atoms with Gasteiger partial charge in [0.15, 0.2) is 0 Å². The molecule has 1 N–H and O–H groups in total. The van der Waals surface area contributed by atoms with Crippen molar-refractivity contribution in [2.75, 3.05) is 23.4 Å². The average Bonchev–Trinajstić information content (AvgIpc) is 3.27. The predicted molar refractivity (Wildman–Crippen MR) is 159 cm³/mol. The molecule has 2 heterocycles. The lowest BCUT2D eigenvalue weighted by molar-refractivity contribution is -0.140. The summed E-state index contributed by atoms with van der Waals surface area (Å²) in [4.78, 5) is 37.1. The van der Waals surface area contributed by atoms with Crippen molar-refractivity contribution in [2.24, 2.45) is 11.0 Å². The molecule has 1 saturated heterocycles. The molecule has 0 atom stereocenters. The first-order valence-electron chi connectivity index (χ1n) is 13.5. The van der Waals surface area contributed by atoms with E-state index in [4.69, 9.17) is 4.74 Å². The summed E-state index contributed by atoms with van der Waals surface area (Å²) in [5.41, 5.74) is 3.04. The monoisotopic (exact) mass is 586 g/mol. The molecular weight excluding hydrogens is 556 g/mol. The van der Waals surface area contributed by atoms with Gasteiger partial charge in [0.25, 0.3) is 5.91 Å². The number of nitrogens with zero attached hydrogens (tertiary/aromatic N) is 3. The summed E-state index contributed by atoms with van der Waals surface area (Å²) in [6.07, 6.45) is 2.43. The fourth-order valence-electron chi connectivity index (χ4n) is 4.82. The Labute approximate surface area is 244 Å². The Morgan fingerprint density at radius 2 is 1.60 bits per heavy atom. The van der Waals surface area contributed by atoms with E-state index in [1.165, 1.54) is 28.4 Å². The normalized spacial score (nSPS) is 17.3. The van der Waals surface area contributed by atoms with Gasteiger partial charge in [0.05, 0.1) is 27.8 Å². The molecule has 3 aromatic rings. The van der Waals surface area contributed by atoms with Crippen LogP contribution in [0.5, 0.6) is 5.75 Å². The molecule has 11 heteroatoms. The van der Waals surface area contributed by atoms with Crippen LogP contribution in [-0.4, -0.2) is 49.3 Å². The summed E-state index contributed by atoms with van der Waals surface area (Å²) >= 11 is 0. The minimum Gasteiger partial charge on any atom is -0.426 e. The quantitative estimate of drug-likeness (QED) is 0.248. The fraction of sp³-hybridized carbons (Fsp3) is 0.226. The van der Waals surface area contributed by atoms with Crippen LogP contribution in [0.15, 0.2) is 94.4 Å². The lowest BCUT2D eigenvalue weighted by Gasteiger charge is -2.30. The van der Waals surface area contributed by atoms with E-state index in [1.807, 2.05) is 30.3 Å². The number of para-hydroxylation sites is 1. The lowest BCUT2D eigenvalue weighted by atomic mass is 9.98. The highest BCUT2D eigenvalue weighted by molar-refractivity contribution is 7.89. The van der Waals surface area contributed by atoms with Gasteiger partial charge in [-0.2, -0.15) is 14.4 Å². The Kier molecular flexibility index (Phi) is 8.32. The zero-order chi connectivity index (χ0) is 29.9. The van der Waals surface area contributed by atoms with Crippen LogP contribution in [0.3, 0.4) is 0 Å². The SMILES string of the molecule is CC(=O)Nc1ccc(S(=O)(=O)N2CCC(C(=O)Oc3ccc(/C=C4\C(=O)N(c5ccccc5)N=C4C)cc3)CC2)cc1. The van der Waals surface area contributed by atoms with Crippen LogP contribution in [0.1, 0.15) is 32.3 Å². The number of benzene rings is 3. The third-order valence-corrected chi connectivity index (χ3v) is 8.99. The third kappa shape index (κ3) is 6.32. The number of carbonyl (C=O) groups is 3. The number of piperidine rings is 1. The smallest absolute Gasteiger partial charge is 0.314 e. The van der Waals surface area contributed by atoms with Gasteiger partial charge < -0.3 is 10.1 Å². The maximum Gasteiger partial charge on any atom is 0.314 e. The third-order valence-electron chi connectivity index (χ3n) is 7.07. The van der Waals surface area contributed by atoms with Gasteiger partial charge in [-0.3, -0.25) is 14.4 Å². The van der Waals surface area contributed by atoms with E-state index in [0.717, 1.165) is 5.56 Å². The first kappa shape index (κ1) is 28.9. The molecule has 10 nitrogen and oxygen atoms in total. The van der Waals surface area contributed by atoms with Crippen molar-refractivity contribution < 1.29 is 27.5 Å². The standard InChI is InChI=1S/C31H30N4O6S/c1-21-29(30(37)35(33-21)26-6-4-3-5-7-26)20-23-8-12-27(13-9-23)41-31(38)24-16-18-34(19-17-24)42(39,40)28-14-10-25(11-15-28)32-22(2)36/h3-15,20,24H,16-19H2,1-2H3,(H,32,36)/b29-20-. The number of hydrazone groups is 1. The highest BCUT2D eigenvalue weighted by Gasteiger charge is 2.33. The van der Waals surface area contributed by atoms with Crippen LogP contribution in [0, 0.1) is 5.92 Å². The van der Waals surface area contributed by atoms with Crippen molar-refractivity contribution in [3.05, 3.63) is 90.0 Å². The van der Waals surface area contributed by atoms with Gasteiger partial charge in [-0.05, 0) is 79.9 Å². The number of rotatable bonds is 7. The fourth-order valence-corrected chi connectivity index (χ4v) is 6.29.